The molecular formula is C19H27NO3. The molecule has 1 amide bonds. The Morgan fingerprint density at radius 1 is 1.13 bits per heavy atom. The fourth-order valence-corrected chi connectivity index (χ4v) is 3.34. The molecule has 0 radical (unpaired) electrons. The number of carbonyl (C=O) groups excluding carboxylic acids is 2. The third kappa shape index (κ3) is 4.81. The number of ether oxygens (including phenoxy) is 1. The summed E-state index contributed by atoms with van der Waals surface area (Å²) in [6.07, 6.45) is 3.36. The van der Waals surface area contributed by atoms with E-state index in [1.165, 1.54) is 6.42 Å². The number of benzene rings is 1. The van der Waals surface area contributed by atoms with Crippen molar-refractivity contribution in [3.8, 4) is 0 Å². The lowest BCUT2D eigenvalue weighted by Gasteiger charge is -2.34. The quantitative estimate of drug-likeness (QED) is 0.866. The van der Waals surface area contributed by atoms with Gasteiger partial charge in [-0.05, 0) is 44.2 Å². The number of aryl methyl sites for hydroxylation is 2. The van der Waals surface area contributed by atoms with Gasteiger partial charge in [0.05, 0.1) is 5.56 Å². The Morgan fingerprint density at radius 2 is 1.78 bits per heavy atom. The van der Waals surface area contributed by atoms with Crippen LogP contribution in [-0.2, 0) is 9.53 Å². The lowest BCUT2D eigenvalue weighted by atomic mass is 9.78. The average Bonchev–Trinajstić information content (AvgIpc) is 2.48. The molecule has 3 atom stereocenters. The van der Waals surface area contributed by atoms with Gasteiger partial charge in [0.15, 0.2) is 6.61 Å². The maximum Gasteiger partial charge on any atom is 0.338 e. The van der Waals surface area contributed by atoms with E-state index in [9.17, 15) is 9.59 Å². The van der Waals surface area contributed by atoms with E-state index in [1.54, 1.807) is 12.1 Å². The molecule has 2 rings (SSSR count). The first-order valence-corrected chi connectivity index (χ1v) is 8.41. The second-order valence-electron chi connectivity index (χ2n) is 6.89. The number of hydrogen-bond acceptors (Lipinski definition) is 3. The van der Waals surface area contributed by atoms with Crippen molar-refractivity contribution >= 4 is 11.9 Å². The van der Waals surface area contributed by atoms with E-state index in [0.29, 0.717) is 17.4 Å². The predicted octanol–water partition coefficient (Wildman–Crippen LogP) is 3.40. The number of rotatable bonds is 4. The zero-order valence-electron chi connectivity index (χ0n) is 14.5. The van der Waals surface area contributed by atoms with Gasteiger partial charge in [0, 0.05) is 6.04 Å². The summed E-state index contributed by atoms with van der Waals surface area (Å²) in [5, 5.41) is 3.01. The Balaban J connectivity index is 1.85. The lowest BCUT2D eigenvalue weighted by molar-refractivity contribution is -0.125. The van der Waals surface area contributed by atoms with Gasteiger partial charge in [-0.25, -0.2) is 4.79 Å². The monoisotopic (exact) mass is 317 g/mol. The second-order valence-corrected chi connectivity index (χ2v) is 6.89. The molecule has 0 spiro atoms. The summed E-state index contributed by atoms with van der Waals surface area (Å²) in [5.41, 5.74) is 2.51. The topological polar surface area (TPSA) is 55.4 Å². The fraction of sp³-hybridized carbons (Fsp3) is 0.579. The number of hydrogen-bond donors (Lipinski definition) is 1. The van der Waals surface area contributed by atoms with Gasteiger partial charge < -0.3 is 10.1 Å². The summed E-state index contributed by atoms with van der Waals surface area (Å²) in [4.78, 5) is 24.1. The molecule has 126 valence electrons. The number of amides is 1. The highest BCUT2D eigenvalue weighted by molar-refractivity contribution is 5.91. The Hall–Kier alpha value is -1.84. The van der Waals surface area contributed by atoms with Crippen molar-refractivity contribution in [2.45, 2.75) is 53.0 Å². The molecule has 0 aromatic heterocycles. The Labute approximate surface area is 138 Å². The van der Waals surface area contributed by atoms with Crippen LogP contribution in [0.2, 0.25) is 0 Å². The van der Waals surface area contributed by atoms with E-state index in [2.05, 4.69) is 19.2 Å². The van der Waals surface area contributed by atoms with E-state index in [4.69, 9.17) is 4.74 Å². The lowest BCUT2D eigenvalue weighted by Crippen LogP contribution is -2.45. The smallest absolute Gasteiger partial charge is 0.338 e. The minimum absolute atomic E-state index is 0.186. The number of nitrogens with one attached hydrogen (secondary N) is 1. The Kier molecular flexibility index (Phi) is 5.80. The third-order valence-electron chi connectivity index (χ3n) is 4.84. The van der Waals surface area contributed by atoms with Crippen molar-refractivity contribution in [3.05, 3.63) is 34.9 Å². The minimum atomic E-state index is -0.447. The Bertz CT molecular complexity index is 562. The SMILES string of the molecule is Cc1cc(C)cc(C(=O)OCC(=O)NC2CCCC(C)C2C)c1. The van der Waals surface area contributed by atoms with Gasteiger partial charge in [-0.2, -0.15) is 0 Å². The largest absolute Gasteiger partial charge is 0.452 e. The molecular weight excluding hydrogens is 290 g/mol. The third-order valence-corrected chi connectivity index (χ3v) is 4.84. The van der Waals surface area contributed by atoms with Crippen molar-refractivity contribution in [1.82, 2.24) is 5.32 Å². The van der Waals surface area contributed by atoms with Crippen molar-refractivity contribution in [3.63, 3.8) is 0 Å². The molecule has 1 aliphatic rings. The van der Waals surface area contributed by atoms with Crippen LogP contribution in [0.5, 0.6) is 0 Å². The molecule has 1 aliphatic carbocycles. The van der Waals surface area contributed by atoms with Gasteiger partial charge >= 0.3 is 5.97 Å². The molecule has 4 nitrogen and oxygen atoms in total. The highest BCUT2D eigenvalue weighted by Gasteiger charge is 2.28. The first-order valence-electron chi connectivity index (χ1n) is 8.41. The highest BCUT2D eigenvalue weighted by Crippen LogP contribution is 2.29. The van der Waals surface area contributed by atoms with Gasteiger partial charge in [0.2, 0.25) is 0 Å². The van der Waals surface area contributed by atoms with Gasteiger partial charge in [0.25, 0.3) is 5.91 Å². The first kappa shape index (κ1) is 17.5. The van der Waals surface area contributed by atoms with Crippen LogP contribution in [0.4, 0.5) is 0 Å². The van der Waals surface area contributed by atoms with Gasteiger partial charge in [-0.1, -0.05) is 43.9 Å². The normalized spacial score (nSPS) is 24.1. The van der Waals surface area contributed by atoms with Gasteiger partial charge in [-0.15, -0.1) is 0 Å². The van der Waals surface area contributed by atoms with Crippen molar-refractivity contribution in [1.29, 1.82) is 0 Å². The zero-order valence-corrected chi connectivity index (χ0v) is 14.5. The minimum Gasteiger partial charge on any atom is -0.452 e. The maximum absolute atomic E-state index is 12.1. The van der Waals surface area contributed by atoms with E-state index in [-0.39, 0.29) is 18.6 Å². The van der Waals surface area contributed by atoms with E-state index in [0.717, 1.165) is 24.0 Å². The summed E-state index contributed by atoms with van der Waals surface area (Å²) in [6.45, 7) is 8.05. The molecule has 1 fully saturated rings. The van der Waals surface area contributed by atoms with E-state index < -0.39 is 5.97 Å². The van der Waals surface area contributed by atoms with Crippen LogP contribution >= 0.6 is 0 Å². The molecule has 3 unspecified atom stereocenters. The molecule has 0 saturated heterocycles. The van der Waals surface area contributed by atoms with Crippen LogP contribution in [0.3, 0.4) is 0 Å². The molecule has 1 N–H and O–H groups in total. The standard InChI is InChI=1S/C19H27NO3/c1-12-8-13(2)10-16(9-12)19(22)23-11-18(21)20-17-7-5-6-14(3)15(17)4/h8-10,14-15,17H,5-7,11H2,1-4H3,(H,20,21). The maximum atomic E-state index is 12.1. The van der Waals surface area contributed by atoms with Crippen LogP contribution in [0, 0.1) is 25.7 Å². The van der Waals surface area contributed by atoms with Crippen LogP contribution in [0.25, 0.3) is 0 Å². The molecule has 0 bridgehead atoms. The molecule has 4 heteroatoms. The molecule has 23 heavy (non-hydrogen) atoms. The van der Waals surface area contributed by atoms with Crippen LogP contribution in [-0.4, -0.2) is 24.5 Å². The van der Waals surface area contributed by atoms with Crippen LogP contribution in [0.1, 0.15) is 54.6 Å². The number of esters is 1. The Morgan fingerprint density at radius 3 is 2.43 bits per heavy atom. The van der Waals surface area contributed by atoms with Crippen molar-refractivity contribution in [2.24, 2.45) is 11.8 Å². The summed E-state index contributed by atoms with van der Waals surface area (Å²) >= 11 is 0. The molecule has 0 heterocycles. The van der Waals surface area contributed by atoms with Crippen LogP contribution in [0.15, 0.2) is 18.2 Å². The summed E-state index contributed by atoms with van der Waals surface area (Å²) in [6, 6.07) is 5.73. The van der Waals surface area contributed by atoms with Crippen molar-refractivity contribution < 1.29 is 14.3 Å². The summed E-state index contributed by atoms with van der Waals surface area (Å²) in [7, 11) is 0. The molecule has 1 aromatic carbocycles. The second kappa shape index (κ2) is 7.62. The molecule has 1 saturated carbocycles. The highest BCUT2D eigenvalue weighted by atomic mass is 16.5. The van der Waals surface area contributed by atoms with Crippen molar-refractivity contribution in [2.75, 3.05) is 6.61 Å². The fourth-order valence-electron chi connectivity index (χ4n) is 3.34. The summed E-state index contributed by atoms with van der Waals surface area (Å²) < 4.78 is 5.15. The molecule has 0 aliphatic heterocycles. The number of carbonyl (C=O) groups is 2. The predicted molar refractivity (Wildman–Crippen MR) is 90.3 cm³/mol. The van der Waals surface area contributed by atoms with Gasteiger partial charge in [0.1, 0.15) is 0 Å². The molecule has 1 aromatic rings. The van der Waals surface area contributed by atoms with E-state index in [1.807, 2.05) is 19.9 Å². The average molecular weight is 317 g/mol. The van der Waals surface area contributed by atoms with Crippen LogP contribution < -0.4 is 5.32 Å². The van der Waals surface area contributed by atoms with Gasteiger partial charge in [-0.3, -0.25) is 4.79 Å². The van der Waals surface area contributed by atoms with E-state index >= 15 is 0 Å². The first-order chi connectivity index (χ1) is 10.9. The summed E-state index contributed by atoms with van der Waals surface area (Å²) in [5.74, 6) is 0.417. The zero-order chi connectivity index (χ0) is 17.0.